The van der Waals surface area contributed by atoms with Gasteiger partial charge < -0.3 is 14.4 Å². The van der Waals surface area contributed by atoms with E-state index in [9.17, 15) is 0 Å². The molecule has 0 unspecified atom stereocenters. The molecule has 0 aliphatic carbocycles. The van der Waals surface area contributed by atoms with E-state index in [1.807, 2.05) is 69.4 Å². The van der Waals surface area contributed by atoms with Gasteiger partial charge in [0, 0.05) is 50.3 Å². The van der Waals surface area contributed by atoms with E-state index in [1.54, 1.807) is 24.4 Å². The minimum Gasteiger partial charge on any atom is -0.500 e. The maximum Gasteiger partial charge on any atom is 0.128 e. The first-order valence-corrected chi connectivity index (χ1v) is 17.9. The molecule has 54 heavy (non-hydrogen) atoms. The standard InChI is InChI=1S/C27H22NO.C23H24N.Ir/c1-27(2,3)19-15-16-28-24(17-19)23-14-8-13-22-21-12-7-11-20(25(21)29-26(22)23)18-9-5-4-6-10-18;1-17-10-12-20(14-21(17)19-8-6-5-7-9-19)22-13-11-18(16-24-22)15-23(2,3)4;/h4-13,15-17H,1-3H3;5-11,13-14,16H,15H2,1-4H3;/q2*-1;/i;1D3,15D2;. The zero-order valence-electron chi connectivity index (χ0n) is 36.4. The molecule has 3 nitrogen and oxygen atoms in total. The van der Waals surface area contributed by atoms with Gasteiger partial charge in [-0.1, -0.05) is 162 Å². The second kappa shape index (κ2) is 16.1. The molecule has 273 valence electrons. The van der Waals surface area contributed by atoms with Crippen molar-refractivity contribution < 1.29 is 31.4 Å². The molecule has 3 heterocycles. The number of aromatic nitrogens is 2. The summed E-state index contributed by atoms with van der Waals surface area (Å²) in [5.41, 5.74) is 10.00. The van der Waals surface area contributed by atoms with Crippen LogP contribution in [0.4, 0.5) is 0 Å². The molecule has 1 radical (unpaired) electrons. The van der Waals surface area contributed by atoms with Crippen molar-refractivity contribution in [2.24, 2.45) is 5.41 Å². The van der Waals surface area contributed by atoms with E-state index in [-0.39, 0.29) is 31.1 Å². The van der Waals surface area contributed by atoms with Crippen LogP contribution in [0.3, 0.4) is 0 Å². The Bertz CT molecular complexity index is 2700. The molecule has 8 aromatic rings. The van der Waals surface area contributed by atoms with E-state index >= 15 is 0 Å². The average Bonchev–Trinajstić information content (AvgIpc) is 3.60. The van der Waals surface area contributed by atoms with Crippen LogP contribution < -0.4 is 0 Å². The molecular formula is C50H46IrN2O-2. The molecule has 0 spiro atoms. The Labute approximate surface area is 340 Å². The van der Waals surface area contributed by atoms with Crippen LogP contribution in [0.25, 0.3) is 66.7 Å². The van der Waals surface area contributed by atoms with E-state index in [2.05, 4.69) is 104 Å². The van der Waals surface area contributed by atoms with Crippen LogP contribution in [0.15, 0.2) is 144 Å². The molecule has 4 heteroatoms. The van der Waals surface area contributed by atoms with Gasteiger partial charge >= 0.3 is 0 Å². The number of furan rings is 1. The number of benzene rings is 5. The fraction of sp³-hybridized carbons (Fsp3) is 0.200. The number of nitrogens with zero attached hydrogens (tertiary/aromatic N) is 2. The number of hydrogen-bond donors (Lipinski definition) is 0. The van der Waals surface area contributed by atoms with Crippen LogP contribution in [0.5, 0.6) is 0 Å². The van der Waals surface area contributed by atoms with Crippen molar-refractivity contribution in [3.05, 3.63) is 169 Å². The fourth-order valence-corrected chi connectivity index (χ4v) is 6.39. The van der Waals surface area contributed by atoms with Crippen LogP contribution in [-0.2, 0) is 31.9 Å². The summed E-state index contributed by atoms with van der Waals surface area (Å²) < 4.78 is 46.8. The number of fused-ring (bicyclic) bond motifs is 3. The molecule has 5 aromatic carbocycles. The number of aryl methyl sites for hydroxylation is 1. The maximum atomic E-state index is 8.39. The Hall–Kier alpha value is -5.15. The number of pyridine rings is 2. The van der Waals surface area contributed by atoms with Gasteiger partial charge in [-0.05, 0) is 56.9 Å². The Balaban J connectivity index is 0.000000195. The van der Waals surface area contributed by atoms with E-state index in [4.69, 9.17) is 11.3 Å². The van der Waals surface area contributed by atoms with Gasteiger partial charge in [-0.15, -0.1) is 47.5 Å². The molecule has 0 saturated carbocycles. The van der Waals surface area contributed by atoms with Crippen molar-refractivity contribution in [3.63, 3.8) is 0 Å². The quantitative estimate of drug-likeness (QED) is 0.162. The SMILES string of the molecule is CC(C)(C)c1ccnc(-c2[c-]ccc3c2oc2c(-c4ccccc4)cccc23)c1.[2H]C([2H])([2H])c1c[c-]c(-c2ccc(C([2H])([2H])C(C)(C)C)cn2)cc1-c1ccccc1.[Ir]. The molecule has 0 N–H and O–H groups in total. The molecular weight excluding hydrogens is 837 g/mol. The number of para-hydroxylation sites is 1. The molecule has 0 fully saturated rings. The first-order chi connectivity index (χ1) is 27.4. The normalized spacial score (nSPS) is 13.4. The van der Waals surface area contributed by atoms with Gasteiger partial charge in [0.2, 0.25) is 0 Å². The zero-order chi connectivity index (χ0) is 41.5. The van der Waals surface area contributed by atoms with Gasteiger partial charge in [-0.25, -0.2) is 0 Å². The smallest absolute Gasteiger partial charge is 0.128 e. The van der Waals surface area contributed by atoms with Crippen molar-refractivity contribution in [2.45, 2.75) is 60.2 Å². The summed E-state index contributed by atoms with van der Waals surface area (Å²) in [5, 5.41) is 2.21. The van der Waals surface area contributed by atoms with E-state index in [0.29, 0.717) is 22.4 Å². The van der Waals surface area contributed by atoms with Crippen LogP contribution in [0.1, 0.15) is 65.1 Å². The molecule has 3 aromatic heterocycles. The first kappa shape index (κ1) is 32.3. The molecule has 0 aliphatic heterocycles. The molecule has 0 aliphatic rings. The van der Waals surface area contributed by atoms with Crippen LogP contribution in [-0.4, -0.2) is 9.97 Å². The zero-order valence-corrected chi connectivity index (χ0v) is 33.8. The molecule has 0 amide bonds. The van der Waals surface area contributed by atoms with Crippen LogP contribution in [0, 0.1) is 24.4 Å². The fourth-order valence-electron chi connectivity index (χ4n) is 6.39. The van der Waals surface area contributed by atoms with Crippen molar-refractivity contribution in [1.82, 2.24) is 9.97 Å². The first-order valence-electron chi connectivity index (χ1n) is 20.4. The summed E-state index contributed by atoms with van der Waals surface area (Å²) in [7, 11) is 0. The van der Waals surface area contributed by atoms with Gasteiger partial charge in [0.25, 0.3) is 0 Å². The van der Waals surface area contributed by atoms with Gasteiger partial charge in [0.05, 0.1) is 5.58 Å². The summed E-state index contributed by atoms with van der Waals surface area (Å²) >= 11 is 0. The largest absolute Gasteiger partial charge is 0.500 e. The van der Waals surface area contributed by atoms with Crippen molar-refractivity contribution in [2.75, 3.05) is 0 Å². The molecule has 0 bridgehead atoms. The summed E-state index contributed by atoms with van der Waals surface area (Å²) in [6.45, 7) is 9.95. The summed E-state index contributed by atoms with van der Waals surface area (Å²) in [4.78, 5) is 9.08. The predicted molar refractivity (Wildman–Crippen MR) is 222 cm³/mol. The third-order valence-corrected chi connectivity index (χ3v) is 9.02. The summed E-state index contributed by atoms with van der Waals surface area (Å²) in [6.07, 6.45) is 1.90. The van der Waals surface area contributed by atoms with Crippen LogP contribution >= 0.6 is 0 Å². The predicted octanol–water partition coefficient (Wildman–Crippen LogP) is 13.5. The third-order valence-electron chi connectivity index (χ3n) is 9.02. The van der Waals surface area contributed by atoms with E-state index in [0.717, 1.165) is 49.9 Å². The van der Waals surface area contributed by atoms with E-state index in [1.165, 1.54) is 11.6 Å². The Kier molecular flexibility index (Phi) is 9.61. The van der Waals surface area contributed by atoms with Crippen molar-refractivity contribution >= 4 is 21.9 Å². The Morgan fingerprint density at radius 1 is 0.685 bits per heavy atom. The molecule has 0 atom stereocenters. The van der Waals surface area contributed by atoms with Gasteiger partial charge in [-0.2, -0.15) is 0 Å². The van der Waals surface area contributed by atoms with E-state index < -0.39 is 18.6 Å². The monoisotopic (exact) mass is 888 g/mol. The second-order valence-electron chi connectivity index (χ2n) is 15.3. The van der Waals surface area contributed by atoms with Gasteiger partial charge in [0.15, 0.2) is 0 Å². The third kappa shape index (κ3) is 8.63. The topological polar surface area (TPSA) is 38.9 Å². The Morgan fingerprint density at radius 3 is 2.04 bits per heavy atom. The summed E-state index contributed by atoms with van der Waals surface area (Å²) in [5.74, 6) is 0. The minimum absolute atomic E-state index is 0. The molecule has 0 saturated heterocycles. The second-order valence-corrected chi connectivity index (χ2v) is 15.3. The average molecular weight is 888 g/mol. The minimum atomic E-state index is -2.25. The number of rotatable bonds is 5. The van der Waals surface area contributed by atoms with Crippen molar-refractivity contribution in [1.29, 1.82) is 0 Å². The Morgan fingerprint density at radius 2 is 1.39 bits per heavy atom. The van der Waals surface area contributed by atoms with Crippen LogP contribution in [0.2, 0.25) is 0 Å². The number of hydrogen-bond acceptors (Lipinski definition) is 3. The summed E-state index contributed by atoms with van der Waals surface area (Å²) in [6, 6.07) is 47.6. The van der Waals surface area contributed by atoms with Gasteiger partial charge in [-0.3, -0.25) is 0 Å². The van der Waals surface area contributed by atoms with Gasteiger partial charge in [0.1, 0.15) is 5.58 Å². The maximum absolute atomic E-state index is 8.39. The molecule has 8 rings (SSSR count). The van der Waals surface area contributed by atoms with Crippen molar-refractivity contribution in [3.8, 4) is 44.8 Å².